The molecule has 0 radical (unpaired) electrons. The average Bonchev–Trinajstić information content (AvgIpc) is 2.96. The number of nitrogens with two attached hydrogens (primary N) is 1. The first-order valence-electron chi connectivity index (χ1n) is 7.56. The zero-order valence-electron chi connectivity index (χ0n) is 13.3. The lowest BCUT2D eigenvalue weighted by molar-refractivity contribution is 0.181. The van der Waals surface area contributed by atoms with Crippen LogP contribution in [0.3, 0.4) is 0 Å². The van der Waals surface area contributed by atoms with Crippen molar-refractivity contribution >= 4 is 0 Å². The second kappa shape index (κ2) is 6.87. The van der Waals surface area contributed by atoms with Gasteiger partial charge >= 0.3 is 0 Å². The normalized spacial score (nSPS) is 12.0. The Morgan fingerprint density at radius 2 is 1.90 bits per heavy atom. The topological polar surface area (TPSA) is 47.1 Å². The minimum atomic E-state index is 0.137. The van der Waals surface area contributed by atoms with E-state index in [0.29, 0.717) is 6.54 Å². The van der Waals surface area contributed by atoms with Gasteiger partial charge in [-0.1, -0.05) is 39.0 Å². The summed E-state index contributed by atoms with van der Waals surface area (Å²) < 4.78 is 1.93. The van der Waals surface area contributed by atoms with Gasteiger partial charge in [0.2, 0.25) is 0 Å². The van der Waals surface area contributed by atoms with Gasteiger partial charge in [-0.15, -0.1) is 0 Å². The van der Waals surface area contributed by atoms with E-state index in [1.165, 1.54) is 0 Å². The molecule has 0 amide bonds. The molecule has 4 heteroatoms. The molecule has 4 nitrogen and oxygen atoms in total. The third-order valence-corrected chi connectivity index (χ3v) is 3.70. The Labute approximate surface area is 127 Å². The molecular weight excluding hydrogens is 260 g/mol. The molecule has 0 saturated carbocycles. The maximum atomic E-state index is 5.84. The largest absolute Gasteiger partial charge is 0.330 e. The highest BCUT2D eigenvalue weighted by Crippen LogP contribution is 2.16. The fourth-order valence-electron chi connectivity index (χ4n) is 2.35. The van der Waals surface area contributed by atoms with E-state index in [1.807, 2.05) is 29.1 Å². The molecule has 0 unspecified atom stereocenters. The summed E-state index contributed by atoms with van der Waals surface area (Å²) in [5, 5.41) is 4.67. The summed E-state index contributed by atoms with van der Waals surface area (Å²) in [7, 11) is 0. The minimum absolute atomic E-state index is 0.137. The van der Waals surface area contributed by atoms with Gasteiger partial charge in [0.15, 0.2) is 0 Å². The fourth-order valence-corrected chi connectivity index (χ4v) is 2.35. The second-order valence-electron chi connectivity index (χ2n) is 6.26. The van der Waals surface area contributed by atoms with Crippen LogP contribution in [0.4, 0.5) is 0 Å². The molecule has 2 N–H and O–H groups in total. The van der Waals surface area contributed by atoms with Crippen molar-refractivity contribution < 1.29 is 0 Å². The van der Waals surface area contributed by atoms with E-state index in [1.54, 1.807) is 0 Å². The lowest BCUT2D eigenvalue weighted by atomic mass is 9.93. The average molecular weight is 286 g/mol. The SMILES string of the molecule is CCN(Cc1ccn(-c2ccccc2)n1)CC(C)(C)CN. The number of benzene rings is 1. The molecule has 2 rings (SSSR count). The van der Waals surface area contributed by atoms with Gasteiger partial charge < -0.3 is 5.73 Å². The number of rotatable bonds is 7. The lowest BCUT2D eigenvalue weighted by Crippen LogP contribution is -2.38. The number of hydrogen-bond donors (Lipinski definition) is 1. The van der Waals surface area contributed by atoms with E-state index in [-0.39, 0.29) is 5.41 Å². The molecule has 2 aromatic rings. The van der Waals surface area contributed by atoms with Gasteiger partial charge in [-0.25, -0.2) is 4.68 Å². The van der Waals surface area contributed by atoms with Crippen LogP contribution >= 0.6 is 0 Å². The Hall–Kier alpha value is -1.65. The van der Waals surface area contributed by atoms with E-state index >= 15 is 0 Å². The van der Waals surface area contributed by atoms with Crippen LogP contribution in [-0.4, -0.2) is 34.3 Å². The van der Waals surface area contributed by atoms with Crippen molar-refractivity contribution in [1.29, 1.82) is 0 Å². The third-order valence-electron chi connectivity index (χ3n) is 3.70. The summed E-state index contributed by atoms with van der Waals surface area (Å²) in [4.78, 5) is 2.39. The Balaban J connectivity index is 2.04. The van der Waals surface area contributed by atoms with Crippen molar-refractivity contribution in [3.05, 3.63) is 48.3 Å². The first-order valence-corrected chi connectivity index (χ1v) is 7.56. The number of para-hydroxylation sites is 1. The number of aromatic nitrogens is 2. The van der Waals surface area contributed by atoms with Crippen molar-refractivity contribution in [2.75, 3.05) is 19.6 Å². The highest BCUT2D eigenvalue weighted by Gasteiger charge is 2.20. The van der Waals surface area contributed by atoms with E-state index in [4.69, 9.17) is 5.73 Å². The number of hydrogen-bond acceptors (Lipinski definition) is 3. The second-order valence-corrected chi connectivity index (χ2v) is 6.26. The van der Waals surface area contributed by atoms with Gasteiger partial charge in [0.1, 0.15) is 0 Å². The molecule has 0 aliphatic carbocycles. The molecule has 1 heterocycles. The summed E-state index contributed by atoms with van der Waals surface area (Å²) in [6.45, 7) is 10.1. The Kier molecular flexibility index (Phi) is 5.15. The van der Waals surface area contributed by atoms with Crippen molar-refractivity contribution in [3.63, 3.8) is 0 Å². The Morgan fingerprint density at radius 3 is 2.52 bits per heavy atom. The predicted octanol–water partition coefficient (Wildman–Crippen LogP) is 2.68. The van der Waals surface area contributed by atoms with Crippen LogP contribution in [0.1, 0.15) is 26.5 Å². The van der Waals surface area contributed by atoms with Gasteiger partial charge in [0, 0.05) is 19.3 Å². The molecule has 0 fully saturated rings. The molecule has 1 aromatic carbocycles. The molecule has 1 aromatic heterocycles. The van der Waals surface area contributed by atoms with Crippen LogP contribution < -0.4 is 5.73 Å². The van der Waals surface area contributed by atoms with E-state index < -0.39 is 0 Å². The van der Waals surface area contributed by atoms with Gasteiger partial charge in [-0.3, -0.25) is 4.90 Å². The summed E-state index contributed by atoms with van der Waals surface area (Å²) in [5.74, 6) is 0. The molecule has 0 atom stereocenters. The monoisotopic (exact) mass is 286 g/mol. The molecule has 0 bridgehead atoms. The van der Waals surface area contributed by atoms with Gasteiger partial charge in [0.25, 0.3) is 0 Å². The van der Waals surface area contributed by atoms with Crippen molar-refractivity contribution in [2.24, 2.45) is 11.1 Å². The van der Waals surface area contributed by atoms with Gasteiger partial charge in [-0.05, 0) is 36.7 Å². The lowest BCUT2D eigenvalue weighted by Gasteiger charge is -2.30. The van der Waals surface area contributed by atoms with Crippen LogP contribution in [0, 0.1) is 5.41 Å². The molecule has 0 aliphatic heterocycles. The smallest absolute Gasteiger partial charge is 0.0769 e. The highest BCUT2D eigenvalue weighted by molar-refractivity contribution is 5.30. The first kappa shape index (κ1) is 15.7. The van der Waals surface area contributed by atoms with Crippen molar-refractivity contribution in [2.45, 2.75) is 27.3 Å². The third kappa shape index (κ3) is 4.41. The minimum Gasteiger partial charge on any atom is -0.330 e. The van der Waals surface area contributed by atoms with Crippen LogP contribution in [0.2, 0.25) is 0 Å². The standard InChI is InChI=1S/C17H26N4/c1-4-20(14-17(2,3)13-18)12-15-10-11-21(19-15)16-8-6-5-7-9-16/h5-11H,4,12-14,18H2,1-3H3. The van der Waals surface area contributed by atoms with Crippen LogP contribution in [0.25, 0.3) is 5.69 Å². The van der Waals surface area contributed by atoms with Gasteiger partial charge in [0.05, 0.1) is 11.4 Å². The molecule has 0 aliphatic rings. The number of nitrogens with zero attached hydrogens (tertiary/aromatic N) is 3. The van der Waals surface area contributed by atoms with E-state index in [0.717, 1.165) is 31.0 Å². The first-order chi connectivity index (χ1) is 10.0. The zero-order chi connectivity index (χ0) is 15.3. The molecule has 114 valence electrons. The summed E-state index contributed by atoms with van der Waals surface area (Å²) in [6.07, 6.45) is 2.02. The molecule has 0 spiro atoms. The molecule has 21 heavy (non-hydrogen) atoms. The zero-order valence-corrected chi connectivity index (χ0v) is 13.3. The Bertz CT molecular complexity index is 545. The summed E-state index contributed by atoms with van der Waals surface area (Å²) in [6, 6.07) is 12.3. The van der Waals surface area contributed by atoms with Crippen molar-refractivity contribution in [1.82, 2.24) is 14.7 Å². The maximum Gasteiger partial charge on any atom is 0.0769 e. The predicted molar refractivity (Wildman–Crippen MR) is 87.4 cm³/mol. The molecule has 0 saturated heterocycles. The fraction of sp³-hybridized carbons (Fsp3) is 0.471. The quantitative estimate of drug-likeness (QED) is 0.851. The Morgan fingerprint density at radius 1 is 1.19 bits per heavy atom. The summed E-state index contributed by atoms with van der Waals surface area (Å²) >= 11 is 0. The van der Waals surface area contributed by atoms with E-state index in [9.17, 15) is 0 Å². The van der Waals surface area contributed by atoms with Crippen LogP contribution in [-0.2, 0) is 6.54 Å². The summed E-state index contributed by atoms with van der Waals surface area (Å²) in [5.41, 5.74) is 8.16. The van der Waals surface area contributed by atoms with Crippen LogP contribution in [0.5, 0.6) is 0 Å². The van der Waals surface area contributed by atoms with Crippen LogP contribution in [0.15, 0.2) is 42.6 Å². The maximum absolute atomic E-state index is 5.84. The van der Waals surface area contributed by atoms with E-state index in [2.05, 4.69) is 49.0 Å². The van der Waals surface area contributed by atoms with Gasteiger partial charge in [-0.2, -0.15) is 5.10 Å². The van der Waals surface area contributed by atoms with Crippen molar-refractivity contribution in [3.8, 4) is 5.69 Å². The highest BCUT2D eigenvalue weighted by atomic mass is 15.3. The molecular formula is C17H26N4.